The number of rotatable bonds is 7. The van der Waals surface area contributed by atoms with Gasteiger partial charge in [0.2, 0.25) is 0 Å². The first-order valence-corrected chi connectivity index (χ1v) is 7.99. The molecule has 0 atom stereocenters. The number of nitrogens with two attached hydrogens (primary N) is 1. The standard InChI is InChI=1S/C16H23ClN2O2/c1-3-5-8-19(12-6-7-12)15-13(16(20)21-4-2)9-11(18)10-14(15)17/h9-10,12H,3-8,18H2,1-2H3. The van der Waals surface area contributed by atoms with Gasteiger partial charge in [-0.1, -0.05) is 24.9 Å². The minimum Gasteiger partial charge on any atom is -0.462 e. The largest absolute Gasteiger partial charge is 0.462 e. The number of halogens is 1. The SMILES string of the molecule is CCCCN(c1c(Cl)cc(N)cc1C(=O)OCC)C1CC1. The molecule has 1 fully saturated rings. The summed E-state index contributed by atoms with van der Waals surface area (Å²) in [6.45, 7) is 5.18. The summed E-state index contributed by atoms with van der Waals surface area (Å²) in [7, 11) is 0. The van der Waals surface area contributed by atoms with Crippen LogP contribution in [0.2, 0.25) is 5.02 Å². The van der Waals surface area contributed by atoms with Gasteiger partial charge in [-0.3, -0.25) is 0 Å². The summed E-state index contributed by atoms with van der Waals surface area (Å²) in [4.78, 5) is 14.5. The van der Waals surface area contributed by atoms with Crippen LogP contribution in [0.4, 0.5) is 11.4 Å². The number of nitrogens with zero attached hydrogens (tertiary/aromatic N) is 1. The Hall–Kier alpha value is -1.42. The van der Waals surface area contributed by atoms with Crippen molar-refractivity contribution in [1.29, 1.82) is 0 Å². The first kappa shape index (κ1) is 16.0. The van der Waals surface area contributed by atoms with Crippen LogP contribution in [-0.4, -0.2) is 25.2 Å². The fraction of sp³-hybridized carbons (Fsp3) is 0.562. The van der Waals surface area contributed by atoms with E-state index in [0.29, 0.717) is 28.9 Å². The topological polar surface area (TPSA) is 55.6 Å². The van der Waals surface area contributed by atoms with Crippen LogP contribution < -0.4 is 10.6 Å². The third-order valence-electron chi connectivity index (χ3n) is 3.61. The van der Waals surface area contributed by atoms with Gasteiger partial charge in [0, 0.05) is 18.3 Å². The summed E-state index contributed by atoms with van der Waals surface area (Å²) < 4.78 is 5.15. The summed E-state index contributed by atoms with van der Waals surface area (Å²) in [6.07, 6.45) is 4.46. The molecule has 21 heavy (non-hydrogen) atoms. The molecular weight excluding hydrogens is 288 g/mol. The molecule has 2 N–H and O–H groups in total. The van der Waals surface area contributed by atoms with Crippen molar-refractivity contribution in [3.63, 3.8) is 0 Å². The highest BCUT2D eigenvalue weighted by atomic mass is 35.5. The fourth-order valence-corrected chi connectivity index (χ4v) is 2.80. The van der Waals surface area contributed by atoms with Crippen molar-refractivity contribution in [2.45, 2.75) is 45.6 Å². The van der Waals surface area contributed by atoms with Crippen molar-refractivity contribution in [3.05, 3.63) is 22.7 Å². The molecule has 1 saturated carbocycles. The molecule has 0 spiro atoms. The van der Waals surface area contributed by atoms with Gasteiger partial charge < -0.3 is 15.4 Å². The molecule has 0 aromatic heterocycles. The number of hydrogen-bond acceptors (Lipinski definition) is 4. The van der Waals surface area contributed by atoms with Crippen LogP contribution >= 0.6 is 11.6 Å². The van der Waals surface area contributed by atoms with E-state index < -0.39 is 0 Å². The lowest BCUT2D eigenvalue weighted by molar-refractivity contribution is 0.0527. The molecule has 0 radical (unpaired) electrons. The molecule has 0 aliphatic heterocycles. The Labute approximate surface area is 131 Å². The summed E-state index contributed by atoms with van der Waals surface area (Å²) in [5, 5.41) is 0.529. The fourth-order valence-electron chi connectivity index (χ4n) is 2.47. The van der Waals surface area contributed by atoms with Crippen LogP contribution in [-0.2, 0) is 4.74 Å². The quantitative estimate of drug-likeness (QED) is 0.613. The Morgan fingerprint density at radius 3 is 2.71 bits per heavy atom. The van der Waals surface area contributed by atoms with Crippen LogP contribution in [0.15, 0.2) is 12.1 Å². The molecule has 5 heteroatoms. The second kappa shape index (κ2) is 7.03. The van der Waals surface area contributed by atoms with E-state index in [9.17, 15) is 4.79 Å². The van der Waals surface area contributed by atoms with Crippen molar-refractivity contribution in [3.8, 4) is 0 Å². The van der Waals surface area contributed by atoms with Crippen LogP contribution in [0.1, 0.15) is 49.9 Å². The third-order valence-corrected chi connectivity index (χ3v) is 3.90. The van der Waals surface area contributed by atoms with Crippen molar-refractivity contribution in [2.75, 3.05) is 23.8 Å². The molecule has 1 aliphatic carbocycles. The van der Waals surface area contributed by atoms with E-state index in [1.807, 2.05) is 0 Å². The Morgan fingerprint density at radius 1 is 1.43 bits per heavy atom. The highest BCUT2D eigenvalue weighted by Gasteiger charge is 2.33. The number of ether oxygens (including phenoxy) is 1. The highest BCUT2D eigenvalue weighted by molar-refractivity contribution is 6.34. The predicted octanol–water partition coefficient (Wildman–Crippen LogP) is 3.87. The number of unbranched alkanes of at least 4 members (excludes halogenated alkanes) is 1. The number of nitrogen functional groups attached to an aromatic ring is 1. The maximum atomic E-state index is 12.2. The zero-order valence-electron chi connectivity index (χ0n) is 12.7. The van der Waals surface area contributed by atoms with Crippen LogP contribution in [0.5, 0.6) is 0 Å². The molecule has 0 heterocycles. The predicted molar refractivity (Wildman–Crippen MR) is 87.1 cm³/mol. The second-order valence-corrected chi connectivity index (χ2v) is 5.80. The molecule has 4 nitrogen and oxygen atoms in total. The van der Waals surface area contributed by atoms with Crippen molar-refractivity contribution in [1.82, 2.24) is 0 Å². The smallest absolute Gasteiger partial charge is 0.340 e. The van der Waals surface area contributed by atoms with Crippen molar-refractivity contribution in [2.24, 2.45) is 0 Å². The van der Waals surface area contributed by atoms with E-state index in [-0.39, 0.29) is 5.97 Å². The monoisotopic (exact) mass is 310 g/mol. The molecule has 1 aromatic rings. The second-order valence-electron chi connectivity index (χ2n) is 5.40. The van der Waals surface area contributed by atoms with Gasteiger partial charge in [0.15, 0.2) is 0 Å². The Kier molecular flexibility index (Phi) is 5.34. The van der Waals surface area contributed by atoms with Gasteiger partial charge >= 0.3 is 5.97 Å². The first-order chi connectivity index (χ1) is 10.1. The van der Waals surface area contributed by atoms with Gasteiger partial charge in [-0.05, 0) is 38.3 Å². The summed E-state index contributed by atoms with van der Waals surface area (Å²) in [6, 6.07) is 3.85. The first-order valence-electron chi connectivity index (χ1n) is 7.61. The normalized spacial score (nSPS) is 14.0. The number of hydrogen-bond donors (Lipinski definition) is 1. The Morgan fingerprint density at radius 2 is 2.14 bits per heavy atom. The van der Waals surface area contributed by atoms with E-state index in [1.165, 1.54) is 0 Å². The molecule has 116 valence electrons. The maximum absolute atomic E-state index is 12.2. The number of esters is 1. The minimum atomic E-state index is -0.358. The summed E-state index contributed by atoms with van der Waals surface area (Å²) in [5.74, 6) is -0.358. The van der Waals surface area contributed by atoms with Crippen LogP contribution in [0, 0.1) is 0 Å². The number of benzene rings is 1. The third kappa shape index (κ3) is 3.82. The van der Waals surface area contributed by atoms with Gasteiger partial charge in [0.05, 0.1) is 22.9 Å². The average Bonchev–Trinajstić information content (AvgIpc) is 3.25. The molecule has 1 aliphatic rings. The molecule has 1 aromatic carbocycles. The molecule has 2 rings (SSSR count). The Bertz CT molecular complexity index is 515. The van der Waals surface area contributed by atoms with Crippen molar-refractivity contribution >= 4 is 28.9 Å². The highest BCUT2D eigenvalue weighted by Crippen LogP contribution is 2.39. The number of anilines is 2. The van der Waals surface area contributed by atoms with Gasteiger partial charge in [0.25, 0.3) is 0 Å². The average molecular weight is 311 g/mol. The number of carbonyl (C=O) groups is 1. The van der Waals surface area contributed by atoms with Crippen LogP contribution in [0.25, 0.3) is 0 Å². The van der Waals surface area contributed by atoms with E-state index in [1.54, 1.807) is 19.1 Å². The lowest BCUT2D eigenvalue weighted by atomic mass is 10.1. The summed E-state index contributed by atoms with van der Waals surface area (Å²) in [5.41, 5.74) is 7.58. The zero-order chi connectivity index (χ0) is 15.4. The Balaban J connectivity index is 2.41. The molecule has 0 amide bonds. The van der Waals surface area contributed by atoms with Crippen LogP contribution in [0.3, 0.4) is 0 Å². The summed E-state index contributed by atoms with van der Waals surface area (Å²) >= 11 is 6.39. The minimum absolute atomic E-state index is 0.336. The van der Waals surface area contributed by atoms with E-state index in [2.05, 4.69) is 11.8 Å². The lowest BCUT2D eigenvalue weighted by Gasteiger charge is -2.28. The molecule has 0 bridgehead atoms. The van der Waals surface area contributed by atoms with Gasteiger partial charge in [0.1, 0.15) is 0 Å². The van der Waals surface area contributed by atoms with Gasteiger partial charge in [-0.2, -0.15) is 0 Å². The van der Waals surface area contributed by atoms with Gasteiger partial charge in [-0.25, -0.2) is 4.79 Å². The van der Waals surface area contributed by atoms with E-state index in [4.69, 9.17) is 22.1 Å². The van der Waals surface area contributed by atoms with Crippen molar-refractivity contribution < 1.29 is 9.53 Å². The maximum Gasteiger partial charge on any atom is 0.340 e. The molecular formula is C16H23ClN2O2. The van der Waals surface area contributed by atoms with E-state index in [0.717, 1.165) is 37.9 Å². The zero-order valence-corrected chi connectivity index (χ0v) is 13.4. The lowest BCUT2D eigenvalue weighted by Crippen LogP contribution is -2.29. The van der Waals surface area contributed by atoms with E-state index >= 15 is 0 Å². The molecule has 0 saturated heterocycles. The van der Waals surface area contributed by atoms with Gasteiger partial charge in [-0.15, -0.1) is 0 Å². The molecule has 0 unspecified atom stereocenters. The number of carbonyl (C=O) groups excluding carboxylic acids is 1.